The van der Waals surface area contributed by atoms with Crippen molar-refractivity contribution in [2.24, 2.45) is 5.92 Å². The number of hydrogen-bond donors (Lipinski definition) is 1. The molecule has 6 heteroatoms. The quantitative estimate of drug-likeness (QED) is 0.802. The lowest BCUT2D eigenvalue weighted by atomic mass is 10.3. The second-order valence-corrected chi connectivity index (χ2v) is 6.00. The smallest absolute Gasteiger partial charge is 0.212 e. The van der Waals surface area contributed by atoms with Crippen molar-refractivity contribution in [1.29, 1.82) is 0 Å². The van der Waals surface area contributed by atoms with E-state index in [1.54, 1.807) is 26.0 Å². The summed E-state index contributed by atoms with van der Waals surface area (Å²) in [5.41, 5.74) is 0. The number of nitrogens with one attached hydrogen (secondary N) is 1. The zero-order valence-electron chi connectivity index (χ0n) is 9.31. The molecule has 1 aromatic rings. The molecule has 16 heavy (non-hydrogen) atoms. The van der Waals surface area contributed by atoms with Crippen LogP contribution in [0, 0.1) is 5.92 Å². The first kappa shape index (κ1) is 13.5. The summed E-state index contributed by atoms with van der Waals surface area (Å²) in [6, 6.07) is 3.10. The van der Waals surface area contributed by atoms with E-state index >= 15 is 0 Å². The third kappa shape index (κ3) is 4.15. The van der Waals surface area contributed by atoms with Crippen LogP contribution in [0.3, 0.4) is 0 Å². The Bertz CT molecular complexity index is 402. The van der Waals surface area contributed by atoms with Crippen LogP contribution in [0.25, 0.3) is 0 Å². The summed E-state index contributed by atoms with van der Waals surface area (Å²) in [6.45, 7) is 3.53. The minimum absolute atomic E-state index is 0.0293. The van der Waals surface area contributed by atoms with Gasteiger partial charge in [-0.25, -0.2) is 13.1 Å². The minimum atomic E-state index is -3.31. The average molecular weight is 266 g/mol. The molecule has 1 unspecified atom stereocenters. The van der Waals surface area contributed by atoms with Gasteiger partial charge in [0.2, 0.25) is 10.0 Å². The molecule has 1 heterocycles. The minimum Gasteiger partial charge on any atom is -0.468 e. The fourth-order valence-electron chi connectivity index (χ4n) is 1.33. The second-order valence-electron chi connectivity index (χ2n) is 3.90. The highest BCUT2D eigenvalue weighted by Gasteiger charge is 2.19. The van der Waals surface area contributed by atoms with Crippen molar-refractivity contribution in [2.45, 2.75) is 19.9 Å². The number of hydrogen-bond acceptors (Lipinski definition) is 3. The van der Waals surface area contributed by atoms with Crippen LogP contribution >= 0.6 is 11.6 Å². The predicted molar refractivity (Wildman–Crippen MR) is 63.9 cm³/mol. The Labute approximate surface area is 101 Å². The van der Waals surface area contributed by atoms with Crippen molar-refractivity contribution >= 4 is 21.6 Å². The van der Waals surface area contributed by atoms with Crippen molar-refractivity contribution in [2.75, 3.05) is 11.6 Å². The van der Waals surface area contributed by atoms with E-state index in [4.69, 9.17) is 16.0 Å². The van der Waals surface area contributed by atoms with E-state index in [0.717, 1.165) is 0 Å². The molecule has 0 saturated heterocycles. The summed E-state index contributed by atoms with van der Waals surface area (Å²) in [4.78, 5) is 0. The number of alkyl halides is 1. The summed E-state index contributed by atoms with van der Waals surface area (Å²) < 4.78 is 31.1. The molecule has 1 aromatic heterocycles. The van der Waals surface area contributed by atoms with Crippen molar-refractivity contribution in [1.82, 2.24) is 4.72 Å². The highest BCUT2D eigenvalue weighted by molar-refractivity contribution is 7.89. The molecule has 0 aromatic carbocycles. The molecule has 0 bridgehead atoms. The van der Waals surface area contributed by atoms with Crippen molar-refractivity contribution in [3.63, 3.8) is 0 Å². The molecule has 0 saturated carbocycles. The lowest BCUT2D eigenvalue weighted by molar-refractivity contribution is 0.458. The summed E-state index contributed by atoms with van der Waals surface area (Å²) in [5, 5.41) is 0. The van der Waals surface area contributed by atoms with Crippen LogP contribution in [-0.2, 0) is 10.0 Å². The Balaban J connectivity index is 2.59. The second kappa shape index (κ2) is 5.70. The lowest BCUT2D eigenvalue weighted by Crippen LogP contribution is -2.31. The zero-order chi connectivity index (χ0) is 12.2. The molecule has 92 valence electrons. The molecule has 0 fully saturated rings. The van der Waals surface area contributed by atoms with Crippen LogP contribution in [0.2, 0.25) is 0 Å². The Morgan fingerprint density at radius 2 is 2.19 bits per heavy atom. The van der Waals surface area contributed by atoms with Crippen LogP contribution in [0.4, 0.5) is 0 Å². The molecule has 0 amide bonds. The molecule has 0 aliphatic heterocycles. The molecule has 1 rings (SSSR count). The van der Waals surface area contributed by atoms with Gasteiger partial charge in [-0.15, -0.1) is 11.6 Å². The van der Waals surface area contributed by atoms with Gasteiger partial charge in [0.15, 0.2) is 0 Å². The summed E-state index contributed by atoms with van der Waals surface area (Å²) in [5.74, 6) is 0.891. The van der Waals surface area contributed by atoms with Crippen molar-refractivity contribution < 1.29 is 12.8 Å². The van der Waals surface area contributed by atoms with Gasteiger partial charge in [0, 0.05) is 5.88 Å². The van der Waals surface area contributed by atoms with Gasteiger partial charge in [-0.05, 0) is 25.0 Å². The lowest BCUT2D eigenvalue weighted by Gasteiger charge is -2.14. The Morgan fingerprint density at radius 1 is 1.50 bits per heavy atom. The largest absolute Gasteiger partial charge is 0.468 e. The predicted octanol–water partition coefficient (Wildman–Crippen LogP) is 2.13. The number of rotatable bonds is 6. The van der Waals surface area contributed by atoms with Crippen LogP contribution in [0.5, 0.6) is 0 Å². The van der Waals surface area contributed by atoms with Gasteiger partial charge in [-0.3, -0.25) is 0 Å². The molecular formula is C10H16ClNO3S. The fraction of sp³-hybridized carbons (Fsp3) is 0.600. The molecule has 4 nitrogen and oxygen atoms in total. The maximum absolute atomic E-state index is 11.7. The first-order valence-corrected chi connectivity index (χ1v) is 7.22. The Hall–Kier alpha value is -0.520. The highest BCUT2D eigenvalue weighted by Crippen LogP contribution is 2.14. The van der Waals surface area contributed by atoms with Gasteiger partial charge < -0.3 is 4.42 Å². The molecule has 2 atom stereocenters. The van der Waals surface area contributed by atoms with Gasteiger partial charge in [-0.1, -0.05) is 6.92 Å². The molecule has 0 spiro atoms. The SMILES string of the molecule is CC(CCl)CS(=O)(=O)N[C@H](C)c1ccco1. The van der Waals surface area contributed by atoms with Crippen molar-refractivity contribution in [3.05, 3.63) is 24.2 Å². The monoisotopic (exact) mass is 265 g/mol. The van der Waals surface area contributed by atoms with Gasteiger partial charge in [0.05, 0.1) is 18.1 Å². The van der Waals surface area contributed by atoms with Gasteiger partial charge in [0.1, 0.15) is 5.76 Å². The third-order valence-electron chi connectivity index (χ3n) is 2.09. The van der Waals surface area contributed by atoms with E-state index in [-0.39, 0.29) is 17.7 Å². The zero-order valence-corrected chi connectivity index (χ0v) is 10.9. The molecular weight excluding hydrogens is 250 g/mol. The van der Waals surface area contributed by atoms with Gasteiger partial charge >= 0.3 is 0 Å². The first-order chi connectivity index (χ1) is 7.44. The third-order valence-corrected chi connectivity index (χ3v) is 4.34. The van der Waals surface area contributed by atoms with Crippen LogP contribution in [-0.4, -0.2) is 20.1 Å². The molecule has 0 radical (unpaired) electrons. The van der Waals surface area contributed by atoms with Gasteiger partial charge in [-0.2, -0.15) is 0 Å². The standard InChI is InChI=1S/C10H16ClNO3S/c1-8(6-11)7-16(13,14)12-9(2)10-4-3-5-15-10/h3-5,8-9,12H,6-7H2,1-2H3/t8?,9-/m1/s1. The number of sulfonamides is 1. The van der Waals surface area contributed by atoms with E-state index in [9.17, 15) is 8.42 Å². The highest BCUT2D eigenvalue weighted by atomic mass is 35.5. The number of halogens is 1. The van der Waals surface area contributed by atoms with E-state index in [1.165, 1.54) is 6.26 Å². The average Bonchev–Trinajstić information content (AvgIpc) is 2.68. The van der Waals surface area contributed by atoms with E-state index in [0.29, 0.717) is 11.6 Å². The summed E-state index contributed by atoms with van der Waals surface area (Å²) in [6.07, 6.45) is 1.52. The van der Waals surface area contributed by atoms with Crippen molar-refractivity contribution in [3.8, 4) is 0 Å². The van der Waals surface area contributed by atoms with Crippen LogP contribution in [0.15, 0.2) is 22.8 Å². The maximum Gasteiger partial charge on any atom is 0.212 e. The van der Waals surface area contributed by atoms with Crippen LogP contribution < -0.4 is 4.72 Å². The first-order valence-electron chi connectivity index (χ1n) is 5.04. The maximum atomic E-state index is 11.7. The summed E-state index contributed by atoms with van der Waals surface area (Å²) >= 11 is 5.58. The Morgan fingerprint density at radius 3 is 2.69 bits per heavy atom. The topological polar surface area (TPSA) is 59.3 Å². The van der Waals surface area contributed by atoms with Gasteiger partial charge in [0.25, 0.3) is 0 Å². The normalized spacial score (nSPS) is 15.9. The summed E-state index contributed by atoms with van der Waals surface area (Å²) in [7, 11) is -3.31. The van der Waals surface area contributed by atoms with Crippen LogP contribution in [0.1, 0.15) is 25.6 Å². The fourth-order valence-corrected chi connectivity index (χ4v) is 3.19. The Kier molecular flexibility index (Phi) is 4.83. The number of furan rings is 1. The van der Waals surface area contributed by atoms with E-state index in [1.807, 2.05) is 0 Å². The molecule has 0 aliphatic rings. The van der Waals surface area contributed by atoms with E-state index < -0.39 is 10.0 Å². The molecule has 1 N–H and O–H groups in total. The van der Waals surface area contributed by atoms with E-state index in [2.05, 4.69) is 4.72 Å². The molecule has 0 aliphatic carbocycles.